The highest BCUT2D eigenvalue weighted by atomic mass is 16.5. The van der Waals surface area contributed by atoms with Crippen molar-refractivity contribution < 1.29 is 14.3 Å². The Morgan fingerprint density at radius 3 is 2.62 bits per heavy atom. The number of aryl methyl sites for hydroxylation is 1. The molecule has 2 amide bonds. The van der Waals surface area contributed by atoms with Gasteiger partial charge in [-0.15, -0.1) is 0 Å². The molecule has 3 rings (SSSR count). The molecule has 0 radical (unpaired) electrons. The van der Waals surface area contributed by atoms with Crippen molar-refractivity contribution in [3.63, 3.8) is 0 Å². The molecule has 4 N–H and O–H groups in total. The standard InChI is InChI=1S/C22H28N4O3/c1-15-8-9-20(29-2)19(10-15)25-21(27)11-24-22(28)14-26-12-17(18(23)13-26)16-6-4-3-5-7-16/h3-10,17-18H,11-14,23H2,1-2H3,(H,24,28)(H,25,27)/t17-,18+/m0/s1. The van der Waals surface area contributed by atoms with E-state index in [9.17, 15) is 9.59 Å². The Kier molecular flexibility index (Phi) is 6.85. The number of likely N-dealkylation sites (tertiary alicyclic amines) is 1. The van der Waals surface area contributed by atoms with Crippen molar-refractivity contribution >= 4 is 17.5 Å². The summed E-state index contributed by atoms with van der Waals surface area (Å²) in [6.45, 7) is 3.43. The highest BCUT2D eigenvalue weighted by Crippen LogP contribution is 2.26. The Morgan fingerprint density at radius 1 is 1.14 bits per heavy atom. The maximum absolute atomic E-state index is 12.3. The molecule has 0 saturated carbocycles. The minimum absolute atomic E-state index is 0.0118. The summed E-state index contributed by atoms with van der Waals surface area (Å²) in [7, 11) is 1.55. The number of ether oxygens (including phenoxy) is 1. The van der Waals surface area contributed by atoms with Gasteiger partial charge in [0.15, 0.2) is 0 Å². The molecule has 2 aromatic rings. The van der Waals surface area contributed by atoms with Crippen molar-refractivity contribution in [3.05, 3.63) is 59.7 Å². The number of anilines is 1. The molecule has 1 saturated heterocycles. The molecule has 1 fully saturated rings. The summed E-state index contributed by atoms with van der Waals surface area (Å²) >= 11 is 0. The first-order chi connectivity index (χ1) is 14.0. The Labute approximate surface area is 171 Å². The molecule has 0 bridgehead atoms. The first-order valence-electron chi connectivity index (χ1n) is 9.70. The van der Waals surface area contributed by atoms with Crippen molar-refractivity contribution in [2.75, 3.05) is 38.6 Å². The number of rotatable bonds is 7. The van der Waals surface area contributed by atoms with Crippen molar-refractivity contribution in [1.82, 2.24) is 10.2 Å². The van der Waals surface area contributed by atoms with E-state index in [4.69, 9.17) is 10.5 Å². The van der Waals surface area contributed by atoms with Crippen LogP contribution >= 0.6 is 0 Å². The van der Waals surface area contributed by atoms with Crippen LogP contribution in [0.15, 0.2) is 48.5 Å². The molecule has 1 aliphatic heterocycles. The number of methoxy groups -OCH3 is 1. The monoisotopic (exact) mass is 396 g/mol. The van der Waals surface area contributed by atoms with Crippen LogP contribution in [-0.4, -0.2) is 56.0 Å². The van der Waals surface area contributed by atoms with Crippen LogP contribution < -0.4 is 21.1 Å². The second-order valence-electron chi connectivity index (χ2n) is 7.40. The maximum atomic E-state index is 12.3. The van der Waals surface area contributed by atoms with Gasteiger partial charge in [-0.1, -0.05) is 36.4 Å². The van der Waals surface area contributed by atoms with E-state index in [1.165, 1.54) is 5.56 Å². The van der Waals surface area contributed by atoms with Gasteiger partial charge in [-0.3, -0.25) is 14.5 Å². The molecule has 1 aliphatic rings. The van der Waals surface area contributed by atoms with Crippen LogP contribution in [0.4, 0.5) is 5.69 Å². The zero-order valence-corrected chi connectivity index (χ0v) is 16.9. The van der Waals surface area contributed by atoms with Crippen LogP contribution in [0.2, 0.25) is 0 Å². The second kappa shape index (κ2) is 9.54. The molecule has 7 nitrogen and oxygen atoms in total. The molecule has 1 heterocycles. The van der Waals surface area contributed by atoms with Crippen molar-refractivity contribution in [2.24, 2.45) is 5.73 Å². The van der Waals surface area contributed by atoms with Gasteiger partial charge in [-0.25, -0.2) is 0 Å². The lowest BCUT2D eigenvalue weighted by Gasteiger charge is -2.16. The van der Waals surface area contributed by atoms with Gasteiger partial charge in [0.2, 0.25) is 11.8 Å². The third kappa shape index (κ3) is 5.56. The van der Waals surface area contributed by atoms with Crippen molar-refractivity contribution in [2.45, 2.75) is 18.9 Å². The quantitative estimate of drug-likeness (QED) is 0.659. The van der Waals surface area contributed by atoms with Crippen LogP contribution in [0.25, 0.3) is 0 Å². The fraction of sp³-hybridized carbons (Fsp3) is 0.364. The highest BCUT2D eigenvalue weighted by Gasteiger charge is 2.31. The zero-order valence-electron chi connectivity index (χ0n) is 16.9. The SMILES string of the molecule is COc1ccc(C)cc1NC(=O)CNC(=O)CN1C[C@@H](N)[C@H](c2ccccc2)C1. The maximum Gasteiger partial charge on any atom is 0.243 e. The summed E-state index contributed by atoms with van der Waals surface area (Å²) in [5.41, 5.74) is 9.05. The first kappa shape index (κ1) is 20.8. The normalized spacial score (nSPS) is 19.0. The predicted octanol–water partition coefficient (Wildman–Crippen LogP) is 1.49. The van der Waals surface area contributed by atoms with E-state index in [0.717, 1.165) is 12.1 Å². The van der Waals surface area contributed by atoms with Crippen molar-refractivity contribution in [1.29, 1.82) is 0 Å². The molecular weight excluding hydrogens is 368 g/mol. The molecular formula is C22H28N4O3. The molecule has 2 aromatic carbocycles. The summed E-state index contributed by atoms with van der Waals surface area (Å²) < 4.78 is 5.25. The Balaban J connectivity index is 1.47. The van der Waals surface area contributed by atoms with E-state index in [2.05, 4.69) is 22.8 Å². The number of nitrogens with two attached hydrogens (primary N) is 1. The number of nitrogens with one attached hydrogen (secondary N) is 2. The summed E-state index contributed by atoms with van der Waals surface area (Å²) in [5.74, 6) is 0.286. The average molecular weight is 396 g/mol. The highest BCUT2D eigenvalue weighted by molar-refractivity contribution is 5.96. The summed E-state index contributed by atoms with van der Waals surface area (Å²) in [4.78, 5) is 26.5. The largest absolute Gasteiger partial charge is 0.495 e. The predicted molar refractivity (Wildman–Crippen MR) is 113 cm³/mol. The lowest BCUT2D eigenvalue weighted by molar-refractivity contribution is -0.124. The first-order valence-corrected chi connectivity index (χ1v) is 9.70. The molecule has 0 unspecified atom stereocenters. The molecule has 154 valence electrons. The molecule has 0 aliphatic carbocycles. The zero-order chi connectivity index (χ0) is 20.8. The van der Waals surface area contributed by atoms with E-state index in [1.54, 1.807) is 13.2 Å². The van der Waals surface area contributed by atoms with E-state index in [1.807, 2.05) is 42.2 Å². The molecule has 0 aromatic heterocycles. The minimum Gasteiger partial charge on any atom is -0.495 e. The van der Waals surface area contributed by atoms with Gasteiger partial charge in [0.25, 0.3) is 0 Å². The lowest BCUT2D eigenvalue weighted by atomic mass is 9.95. The van der Waals surface area contributed by atoms with E-state index >= 15 is 0 Å². The van der Waals surface area contributed by atoms with Gasteiger partial charge in [-0.2, -0.15) is 0 Å². The molecule has 7 heteroatoms. The number of benzene rings is 2. The van der Waals surface area contributed by atoms with Crippen LogP contribution in [0, 0.1) is 6.92 Å². The molecule has 29 heavy (non-hydrogen) atoms. The van der Waals surface area contributed by atoms with Gasteiger partial charge in [0.05, 0.1) is 25.9 Å². The van der Waals surface area contributed by atoms with Gasteiger partial charge in [0, 0.05) is 25.0 Å². The lowest BCUT2D eigenvalue weighted by Crippen LogP contribution is -2.40. The van der Waals surface area contributed by atoms with Crippen LogP contribution in [0.1, 0.15) is 17.0 Å². The second-order valence-corrected chi connectivity index (χ2v) is 7.40. The van der Waals surface area contributed by atoms with Gasteiger partial charge in [0.1, 0.15) is 5.75 Å². The third-order valence-electron chi connectivity index (χ3n) is 5.11. The van der Waals surface area contributed by atoms with Gasteiger partial charge >= 0.3 is 0 Å². The number of carbonyl (C=O) groups excluding carboxylic acids is 2. The number of hydrogen-bond donors (Lipinski definition) is 3. The molecule has 2 atom stereocenters. The topological polar surface area (TPSA) is 96.7 Å². The fourth-order valence-corrected chi connectivity index (χ4v) is 3.65. The number of amides is 2. The summed E-state index contributed by atoms with van der Waals surface area (Å²) in [6.07, 6.45) is 0. The van der Waals surface area contributed by atoms with Crippen LogP contribution in [-0.2, 0) is 9.59 Å². The van der Waals surface area contributed by atoms with Crippen LogP contribution in [0.3, 0.4) is 0 Å². The van der Waals surface area contributed by atoms with Gasteiger partial charge < -0.3 is 21.1 Å². The smallest absolute Gasteiger partial charge is 0.243 e. The molecule has 0 spiro atoms. The number of hydrogen-bond acceptors (Lipinski definition) is 5. The van der Waals surface area contributed by atoms with Gasteiger partial charge in [-0.05, 0) is 30.2 Å². The summed E-state index contributed by atoms with van der Waals surface area (Å²) in [6, 6.07) is 15.6. The fourth-order valence-electron chi connectivity index (χ4n) is 3.65. The number of carbonyl (C=O) groups is 2. The minimum atomic E-state index is -0.303. The Bertz CT molecular complexity index is 856. The Morgan fingerprint density at radius 2 is 1.90 bits per heavy atom. The van der Waals surface area contributed by atoms with E-state index < -0.39 is 0 Å². The Hall–Kier alpha value is -2.90. The number of nitrogens with zero attached hydrogens (tertiary/aromatic N) is 1. The van der Waals surface area contributed by atoms with Crippen LogP contribution in [0.5, 0.6) is 5.75 Å². The third-order valence-corrected chi connectivity index (χ3v) is 5.11. The van der Waals surface area contributed by atoms with E-state index in [-0.39, 0.29) is 36.9 Å². The summed E-state index contributed by atoms with van der Waals surface area (Å²) in [5, 5.41) is 5.45. The van der Waals surface area contributed by atoms with Crippen molar-refractivity contribution in [3.8, 4) is 5.75 Å². The van der Waals surface area contributed by atoms with E-state index in [0.29, 0.717) is 18.0 Å². The average Bonchev–Trinajstić information content (AvgIpc) is 3.07.